The molecule has 0 saturated carbocycles. The van der Waals surface area contributed by atoms with Gasteiger partial charge in [-0.15, -0.1) is 0 Å². The summed E-state index contributed by atoms with van der Waals surface area (Å²) in [5.74, 6) is -0.249. The molecule has 0 heterocycles. The van der Waals surface area contributed by atoms with Crippen molar-refractivity contribution in [3.63, 3.8) is 0 Å². The lowest BCUT2D eigenvalue weighted by Crippen LogP contribution is -2.17. The highest BCUT2D eigenvalue weighted by Crippen LogP contribution is 2.23. The second-order valence-corrected chi connectivity index (χ2v) is 5.97. The molecular weight excluding hydrogens is 338 g/mol. The minimum Gasteiger partial charge on any atom is -0.383 e. The third-order valence-corrected chi connectivity index (χ3v) is 4.17. The first-order chi connectivity index (χ1) is 11.9. The van der Waals surface area contributed by atoms with Gasteiger partial charge in [0.05, 0.1) is 11.3 Å². The van der Waals surface area contributed by atoms with Gasteiger partial charge in [-0.05, 0) is 49.7 Å². The summed E-state index contributed by atoms with van der Waals surface area (Å²) in [6.07, 6.45) is 0.209. The third-order valence-electron chi connectivity index (χ3n) is 3.76. The van der Waals surface area contributed by atoms with E-state index < -0.39 is 0 Å². The molecular formula is C19H18ClN3O2. The molecule has 0 aliphatic carbocycles. The number of hydrogen-bond acceptors (Lipinski definition) is 4. The fraction of sp³-hybridized carbons (Fsp3) is 0.211. The Labute approximate surface area is 151 Å². The van der Waals surface area contributed by atoms with Crippen molar-refractivity contribution < 1.29 is 9.59 Å². The van der Waals surface area contributed by atoms with Crippen LogP contribution in [-0.4, -0.2) is 18.2 Å². The van der Waals surface area contributed by atoms with Gasteiger partial charge in [0, 0.05) is 29.2 Å². The Morgan fingerprint density at radius 3 is 2.64 bits per heavy atom. The van der Waals surface area contributed by atoms with Crippen LogP contribution in [0.15, 0.2) is 36.4 Å². The van der Waals surface area contributed by atoms with Crippen LogP contribution in [0.4, 0.5) is 11.4 Å². The predicted octanol–water partition coefficient (Wildman–Crippen LogP) is 4.16. The summed E-state index contributed by atoms with van der Waals surface area (Å²) in [4.78, 5) is 23.5. The highest BCUT2D eigenvalue weighted by Gasteiger charge is 2.09. The molecule has 0 unspecified atom stereocenters. The number of nitrogens with one attached hydrogen (secondary N) is 2. The van der Waals surface area contributed by atoms with Gasteiger partial charge in [-0.25, -0.2) is 0 Å². The van der Waals surface area contributed by atoms with Crippen LogP contribution in [0.5, 0.6) is 0 Å². The van der Waals surface area contributed by atoms with Crippen LogP contribution in [0.1, 0.15) is 34.8 Å². The number of nitriles is 1. The Morgan fingerprint density at radius 2 is 1.96 bits per heavy atom. The lowest BCUT2D eigenvalue weighted by molar-refractivity contribution is -0.115. The van der Waals surface area contributed by atoms with E-state index in [1.54, 1.807) is 36.4 Å². The third kappa shape index (κ3) is 4.82. The summed E-state index contributed by atoms with van der Waals surface area (Å²) in [5.41, 5.74) is 2.97. The first-order valence-corrected chi connectivity index (χ1v) is 8.14. The number of ketones is 1. The molecule has 2 aromatic carbocycles. The molecule has 128 valence electrons. The standard InChI is InChI=1S/C19H18ClN3O2/c1-12-16(20)4-3-5-17(12)23-19(25)8-9-22-18-10-14(13(2)24)6-7-15(18)11-21/h3-7,10,22H,8-9H2,1-2H3,(H,23,25). The van der Waals surface area contributed by atoms with Gasteiger partial charge in [-0.1, -0.05) is 17.7 Å². The van der Waals surface area contributed by atoms with Crippen molar-refractivity contribution in [2.45, 2.75) is 20.3 Å². The van der Waals surface area contributed by atoms with E-state index in [0.717, 1.165) is 5.56 Å². The van der Waals surface area contributed by atoms with Crippen LogP contribution in [0.25, 0.3) is 0 Å². The summed E-state index contributed by atoms with van der Waals surface area (Å²) in [5, 5.41) is 15.6. The van der Waals surface area contributed by atoms with Gasteiger partial charge in [-0.3, -0.25) is 9.59 Å². The maximum Gasteiger partial charge on any atom is 0.226 e. The number of carbonyl (C=O) groups is 2. The lowest BCUT2D eigenvalue weighted by Gasteiger charge is -2.11. The minimum absolute atomic E-state index is 0.0817. The first kappa shape index (κ1) is 18.5. The second kappa shape index (κ2) is 8.32. The zero-order chi connectivity index (χ0) is 18.4. The van der Waals surface area contributed by atoms with Gasteiger partial charge in [-0.2, -0.15) is 5.26 Å². The van der Waals surface area contributed by atoms with Crippen molar-refractivity contribution in [1.82, 2.24) is 0 Å². The molecule has 2 aromatic rings. The van der Waals surface area contributed by atoms with E-state index in [1.165, 1.54) is 6.92 Å². The number of hydrogen-bond donors (Lipinski definition) is 2. The smallest absolute Gasteiger partial charge is 0.226 e. The molecule has 0 aliphatic rings. The second-order valence-electron chi connectivity index (χ2n) is 5.57. The highest BCUT2D eigenvalue weighted by molar-refractivity contribution is 6.31. The highest BCUT2D eigenvalue weighted by atomic mass is 35.5. The van der Waals surface area contributed by atoms with Crippen LogP contribution < -0.4 is 10.6 Å². The molecule has 2 N–H and O–H groups in total. The first-order valence-electron chi connectivity index (χ1n) is 7.76. The molecule has 5 nitrogen and oxygen atoms in total. The monoisotopic (exact) mass is 355 g/mol. The zero-order valence-corrected chi connectivity index (χ0v) is 14.8. The number of Topliss-reactive ketones (excluding diaryl/α,β-unsaturated/α-hetero) is 1. The maximum atomic E-state index is 12.1. The van der Waals surface area contributed by atoms with E-state index in [-0.39, 0.29) is 18.1 Å². The van der Waals surface area contributed by atoms with E-state index in [9.17, 15) is 9.59 Å². The van der Waals surface area contributed by atoms with E-state index in [1.807, 2.05) is 6.92 Å². The van der Waals surface area contributed by atoms with Crippen molar-refractivity contribution in [3.8, 4) is 6.07 Å². The number of benzene rings is 2. The number of amides is 1. The Balaban J connectivity index is 1.97. The Bertz CT molecular complexity index is 856. The molecule has 0 saturated heterocycles. The summed E-state index contributed by atoms with van der Waals surface area (Å²) in [6.45, 7) is 3.63. The summed E-state index contributed by atoms with van der Waals surface area (Å²) in [6, 6.07) is 12.2. The van der Waals surface area contributed by atoms with Crippen LogP contribution >= 0.6 is 11.6 Å². The van der Waals surface area contributed by atoms with E-state index in [0.29, 0.717) is 34.1 Å². The van der Waals surface area contributed by atoms with Gasteiger partial charge in [0.25, 0.3) is 0 Å². The SMILES string of the molecule is CC(=O)c1ccc(C#N)c(NCCC(=O)Nc2cccc(Cl)c2C)c1. The largest absolute Gasteiger partial charge is 0.383 e. The molecule has 25 heavy (non-hydrogen) atoms. The predicted molar refractivity (Wildman–Crippen MR) is 99.1 cm³/mol. The molecule has 6 heteroatoms. The van der Waals surface area contributed by atoms with Crippen LogP contribution in [0, 0.1) is 18.3 Å². The molecule has 2 rings (SSSR count). The van der Waals surface area contributed by atoms with E-state index in [4.69, 9.17) is 16.9 Å². The van der Waals surface area contributed by atoms with Gasteiger partial charge in [0.2, 0.25) is 5.91 Å². The minimum atomic E-state index is -0.168. The van der Waals surface area contributed by atoms with Crippen molar-refractivity contribution >= 4 is 34.7 Å². The van der Waals surface area contributed by atoms with Gasteiger partial charge in [0.15, 0.2) is 5.78 Å². The Morgan fingerprint density at radius 1 is 1.20 bits per heavy atom. The molecule has 1 amide bonds. The average Bonchev–Trinajstić information content (AvgIpc) is 2.58. The topological polar surface area (TPSA) is 82.0 Å². The zero-order valence-electron chi connectivity index (χ0n) is 14.0. The van der Waals surface area contributed by atoms with Gasteiger partial charge in [0.1, 0.15) is 6.07 Å². The molecule has 0 aliphatic heterocycles. The number of rotatable bonds is 6. The van der Waals surface area contributed by atoms with Crippen molar-refractivity contribution in [3.05, 3.63) is 58.1 Å². The quantitative estimate of drug-likeness (QED) is 0.762. The van der Waals surface area contributed by atoms with Gasteiger partial charge < -0.3 is 10.6 Å². The normalized spacial score (nSPS) is 10.0. The number of halogens is 1. The lowest BCUT2D eigenvalue weighted by atomic mass is 10.1. The van der Waals surface area contributed by atoms with Crippen LogP contribution in [0.3, 0.4) is 0 Å². The van der Waals surface area contributed by atoms with Crippen molar-refractivity contribution in [1.29, 1.82) is 5.26 Å². The summed E-state index contributed by atoms with van der Waals surface area (Å²) >= 11 is 6.03. The molecule has 0 radical (unpaired) electrons. The Hall–Kier alpha value is -2.84. The average molecular weight is 356 g/mol. The number of carbonyl (C=O) groups excluding carboxylic acids is 2. The van der Waals surface area contributed by atoms with Crippen LogP contribution in [-0.2, 0) is 4.79 Å². The number of anilines is 2. The molecule has 0 bridgehead atoms. The van der Waals surface area contributed by atoms with Crippen LogP contribution in [0.2, 0.25) is 5.02 Å². The molecule has 0 atom stereocenters. The Kier molecular flexibility index (Phi) is 6.15. The molecule has 0 spiro atoms. The number of nitrogens with zero attached hydrogens (tertiary/aromatic N) is 1. The van der Waals surface area contributed by atoms with E-state index in [2.05, 4.69) is 16.7 Å². The van der Waals surface area contributed by atoms with Gasteiger partial charge >= 0.3 is 0 Å². The fourth-order valence-corrected chi connectivity index (χ4v) is 2.45. The fourth-order valence-electron chi connectivity index (χ4n) is 2.27. The summed E-state index contributed by atoms with van der Waals surface area (Å²) < 4.78 is 0. The van der Waals surface area contributed by atoms with Crippen molar-refractivity contribution in [2.75, 3.05) is 17.2 Å². The van der Waals surface area contributed by atoms with Crippen molar-refractivity contribution in [2.24, 2.45) is 0 Å². The molecule has 0 fully saturated rings. The molecule has 0 aromatic heterocycles. The van der Waals surface area contributed by atoms with E-state index >= 15 is 0 Å². The maximum absolute atomic E-state index is 12.1. The summed E-state index contributed by atoms with van der Waals surface area (Å²) in [7, 11) is 0.